The fourth-order valence-corrected chi connectivity index (χ4v) is 3.91. The highest BCUT2D eigenvalue weighted by Crippen LogP contribution is 2.34. The number of amides is 3. The zero-order valence-corrected chi connectivity index (χ0v) is 17.8. The topological polar surface area (TPSA) is 83.1 Å². The highest BCUT2D eigenvalue weighted by Gasteiger charge is 2.31. The minimum absolute atomic E-state index is 0.191. The Morgan fingerprint density at radius 3 is 2.28 bits per heavy atom. The number of aromatic nitrogens is 1. The molecule has 0 aliphatic heterocycles. The summed E-state index contributed by atoms with van der Waals surface area (Å²) in [6.07, 6.45) is 2.63. The second-order valence-corrected chi connectivity index (χ2v) is 8.03. The summed E-state index contributed by atoms with van der Waals surface area (Å²) in [4.78, 5) is 29.4. The maximum Gasteiger partial charge on any atom is 0.416 e. The third kappa shape index (κ3) is 6.45. The third-order valence-electron chi connectivity index (χ3n) is 5.64. The van der Waals surface area contributed by atoms with E-state index in [0.29, 0.717) is 0 Å². The highest BCUT2D eigenvalue weighted by atomic mass is 19.4. The summed E-state index contributed by atoms with van der Waals surface area (Å²) in [6.45, 7) is 1.55. The minimum Gasteiger partial charge on any atom is -0.346 e. The van der Waals surface area contributed by atoms with Gasteiger partial charge in [-0.15, -0.1) is 0 Å². The molecular weight excluding hydrogens is 421 g/mol. The van der Waals surface area contributed by atoms with Gasteiger partial charge in [0.2, 0.25) is 5.91 Å². The average molecular weight is 448 g/mol. The molecule has 3 N–H and O–H groups in total. The van der Waals surface area contributed by atoms with Crippen molar-refractivity contribution in [3.63, 3.8) is 0 Å². The van der Waals surface area contributed by atoms with Crippen LogP contribution in [0.4, 0.5) is 23.7 Å². The number of urea groups is 1. The second kappa shape index (κ2) is 10.5. The summed E-state index contributed by atoms with van der Waals surface area (Å²) >= 11 is 0. The summed E-state index contributed by atoms with van der Waals surface area (Å²) in [6, 6.07) is 7.89. The van der Waals surface area contributed by atoms with Crippen molar-refractivity contribution in [1.82, 2.24) is 15.6 Å². The van der Waals surface area contributed by atoms with Crippen molar-refractivity contribution in [1.29, 1.82) is 0 Å². The molecule has 1 aliphatic rings. The monoisotopic (exact) mass is 448 g/mol. The molecule has 2 atom stereocenters. The third-order valence-corrected chi connectivity index (χ3v) is 5.64. The number of nitrogens with zero attached hydrogens (tertiary/aromatic N) is 1. The van der Waals surface area contributed by atoms with Gasteiger partial charge in [-0.05, 0) is 62.1 Å². The Balaban J connectivity index is 1.59. The Labute approximate surface area is 185 Å². The van der Waals surface area contributed by atoms with Crippen molar-refractivity contribution in [3.05, 3.63) is 59.9 Å². The fourth-order valence-electron chi connectivity index (χ4n) is 3.91. The van der Waals surface area contributed by atoms with Crippen molar-refractivity contribution < 1.29 is 22.8 Å². The van der Waals surface area contributed by atoms with Gasteiger partial charge in [-0.2, -0.15) is 13.2 Å². The van der Waals surface area contributed by atoms with Gasteiger partial charge in [0.05, 0.1) is 17.3 Å². The highest BCUT2D eigenvalue weighted by molar-refractivity contribution is 5.93. The molecule has 3 amide bonds. The second-order valence-electron chi connectivity index (χ2n) is 8.03. The van der Waals surface area contributed by atoms with Crippen LogP contribution in [0.1, 0.15) is 56.3 Å². The Bertz CT molecular complexity index is 898. The summed E-state index contributed by atoms with van der Waals surface area (Å²) in [5, 5.41) is 8.00. The van der Waals surface area contributed by atoms with Crippen LogP contribution in [0.25, 0.3) is 0 Å². The zero-order valence-electron chi connectivity index (χ0n) is 17.8. The molecule has 1 fully saturated rings. The Kier molecular flexibility index (Phi) is 7.71. The largest absolute Gasteiger partial charge is 0.416 e. The molecule has 1 aliphatic carbocycles. The van der Waals surface area contributed by atoms with E-state index in [-0.39, 0.29) is 23.6 Å². The number of hydrogen-bond donors (Lipinski definition) is 3. The molecule has 6 nitrogen and oxygen atoms in total. The predicted molar refractivity (Wildman–Crippen MR) is 115 cm³/mol. The number of carbonyl (C=O) groups is 2. The molecule has 2 unspecified atom stereocenters. The van der Waals surface area contributed by atoms with E-state index in [1.165, 1.54) is 6.42 Å². The summed E-state index contributed by atoms with van der Waals surface area (Å²) < 4.78 is 38.0. The molecule has 2 aromatic rings. The lowest BCUT2D eigenvalue weighted by atomic mass is 9.82. The van der Waals surface area contributed by atoms with Gasteiger partial charge in [0.25, 0.3) is 0 Å². The van der Waals surface area contributed by atoms with Gasteiger partial charge < -0.3 is 16.0 Å². The number of anilines is 1. The van der Waals surface area contributed by atoms with Crippen molar-refractivity contribution in [2.24, 2.45) is 5.92 Å². The number of nitrogens with one attached hydrogen (secondary N) is 3. The Morgan fingerprint density at radius 1 is 1.00 bits per heavy atom. The number of alkyl halides is 3. The SMILES string of the molecule is CC(NC(=O)Nc1ccc(C(F)(F)F)cc1)C(=O)NC(c1ccccn1)C1CCCCC1. The summed E-state index contributed by atoms with van der Waals surface area (Å²) in [5.41, 5.74) is 0.172. The van der Waals surface area contributed by atoms with Gasteiger partial charge in [0.15, 0.2) is 0 Å². The molecule has 1 heterocycles. The van der Waals surface area contributed by atoms with E-state index < -0.39 is 23.8 Å². The number of hydrogen-bond acceptors (Lipinski definition) is 3. The standard InChI is InChI=1S/C23H27F3N4O2/c1-15(28-22(32)29-18-12-10-17(11-13-18)23(24,25)26)21(31)30-20(16-7-3-2-4-8-16)19-9-5-6-14-27-19/h5-6,9-16,20H,2-4,7-8H2,1H3,(H,30,31)(H2,28,29,32). The quantitative estimate of drug-likeness (QED) is 0.578. The molecule has 0 radical (unpaired) electrons. The zero-order chi connectivity index (χ0) is 23.1. The average Bonchev–Trinajstić information content (AvgIpc) is 2.78. The van der Waals surface area contributed by atoms with Crippen molar-refractivity contribution >= 4 is 17.6 Å². The van der Waals surface area contributed by atoms with Crippen molar-refractivity contribution in [2.45, 2.75) is 57.3 Å². The van der Waals surface area contributed by atoms with Crippen LogP contribution in [-0.2, 0) is 11.0 Å². The maximum atomic E-state index is 12.8. The normalized spacial score (nSPS) is 16.6. The van der Waals surface area contributed by atoms with Gasteiger partial charge in [-0.3, -0.25) is 9.78 Å². The van der Waals surface area contributed by atoms with Crippen LogP contribution in [-0.4, -0.2) is 23.0 Å². The molecule has 9 heteroatoms. The number of rotatable bonds is 6. The molecule has 0 spiro atoms. The summed E-state index contributed by atoms with van der Waals surface area (Å²) in [5.74, 6) is -0.0791. The first kappa shape index (κ1) is 23.6. The number of carbonyl (C=O) groups excluding carboxylic acids is 2. The van der Waals surface area contributed by atoms with Gasteiger partial charge in [-0.1, -0.05) is 25.3 Å². The Morgan fingerprint density at radius 2 is 1.69 bits per heavy atom. The molecule has 0 bridgehead atoms. The summed E-state index contributed by atoms with van der Waals surface area (Å²) in [7, 11) is 0. The molecule has 1 aromatic carbocycles. The lowest BCUT2D eigenvalue weighted by Gasteiger charge is -2.31. The number of benzene rings is 1. The van der Waals surface area contributed by atoms with E-state index in [4.69, 9.17) is 0 Å². The van der Waals surface area contributed by atoms with Crippen LogP contribution in [0.2, 0.25) is 0 Å². The minimum atomic E-state index is -4.45. The maximum absolute atomic E-state index is 12.8. The van der Waals surface area contributed by atoms with Crippen molar-refractivity contribution in [3.8, 4) is 0 Å². The molecule has 32 heavy (non-hydrogen) atoms. The number of halogens is 3. The predicted octanol–water partition coefficient (Wildman–Crippen LogP) is 5.05. The lowest BCUT2D eigenvalue weighted by Crippen LogP contribution is -2.48. The molecule has 1 saturated carbocycles. The molecule has 0 saturated heterocycles. The van der Waals surface area contributed by atoms with Crippen LogP contribution in [0.5, 0.6) is 0 Å². The van der Waals surface area contributed by atoms with Gasteiger partial charge in [-0.25, -0.2) is 4.79 Å². The van der Waals surface area contributed by atoms with E-state index in [1.54, 1.807) is 13.1 Å². The molecule has 3 rings (SSSR count). The number of pyridine rings is 1. The van der Waals surface area contributed by atoms with E-state index in [0.717, 1.165) is 55.6 Å². The van der Waals surface area contributed by atoms with E-state index >= 15 is 0 Å². The molecule has 172 valence electrons. The van der Waals surface area contributed by atoms with Crippen LogP contribution < -0.4 is 16.0 Å². The first-order valence-corrected chi connectivity index (χ1v) is 10.7. The Hall–Kier alpha value is -3.10. The van der Waals surface area contributed by atoms with Crippen molar-refractivity contribution in [2.75, 3.05) is 5.32 Å². The van der Waals surface area contributed by atoms with Crippen LogP contribution in [0.15, 0.2) is 48.7 Å². The fraction of sp³-hybridized carbons (Fsp3) is 0.435. The van der Waals surface area contributed by atoms with Crippen LogP contribution >= 0.6 is 0 Å². The van der Waals surface area contributed by atoms with Crippen LogP contribution in [0, 0.1) is 5.92 Å². The van der Waals surface area contributed by atoms with E-state index in [2.05, 4.69) is 20.9 Å². The smallest absolute Gasteiger partial charge is 0.346 e. The first-order chi connectivity index (χ1) is 15.2. The lowest BCUT2D eigenvalue weighted by molar-refractivity contribution is -0.137. The molecular formula is C23H27F3N4O2. The van der Waals surface area contributed by atoms with E-state index in [9.17, 15) is 22.8 Å². The van der Waals surface area contributed by atoms with E-state index in [1.807, 2.05) is 18.2 Å². The first-order valence-electron chi connectivity index (χ1n) is 10.7. The van der Waals surface area contributed by atoms with Gasteiger partial charge >= 0.3 is 12.2 Å². The van der Waals surface area contributed by atoms with Crippen LogP contribution in [0.3, 0.4) is 0 Å². The van der Waals surface area contributed by atoms with Gasteiger partial charge in [0, 0.05) is 11.9 Å². The van der Waals surface area contributed by atoms with Gasteiger partial charge in [0.1, 0.15) is 6.04 Å². The molecule has 1 aromatic heterocycles.